The zero-order chi connectivity index (χ0) is 14.0. The van der Waals surface area contributed by atoms with Gasteiger partial charge < -0.3 is 4.90 Å². The first kappa shape index (κ1) is 14.3. The summed E-state index contributed by atoms with van der Waals surface area (Å²) in [5.74, 6) is 0. The number of hydrogen-bond donors (Lipinski definition) is 0. The van der Waals surface area contributed by atoms with Gasteiger partial charge in [-0.25, -0.2) is 0 Å². The standard InChI is InChI=1S/C13H21N3O2S/c1-12-11-15(19(17,18)14(2)3)9-10-16(12)13-7-5-4-6-8-13/h4-8,12H,9-11H2,1-3H3. The SMILES string of the molecule is CC1CN(S(=O)(=O)N(C)C)CCN1c1ccccc1. The van der Waals surface area contributed by atoms with E-state index in [-0.39, 0.29) is 6.04 Å². The fourth-order valence-corrected chi connectivity index (χ4v) is 3.55. The Bertz CT molecular complexity index is 516. The molecule has 1 atom stereocenters. The smallest absolute Gasteiger partial charge is 0.281 e. The molecule has 1 aromatic carbocycles. The van der Waals surface area contributed by atoms with E-state index in [1.54, 1.807) is 18.4 Å². The Morgan fingerprint density at radius 1 is 1.16 bits per heavy atom. The molecule has 5 nitrogen and oxygen atoms in total. The van der Waals surface area contributed by atoms with Gasteiger partial charge in [0.2, 0.25) is 0 Å². The zero-order valence-corrected chi connectivity index (χ0v) is 12.5. The molecule has 0 radical (unpaired) electrons. The van der Waals surface area contributed by atoms with E-state index in [1.165, 1.54) is 4.31 Å². The Morgan fingerprint density at radius 2 is 1.79 bits per heavy atom. The number of anilines is 1. The van der Waals surface area contributed by atoms with Crippen molar-refractivity contribution in [1.82, 2.24) is 8.61 Å². The van der Waals surface area contributed by atoms with Crippen molar-refractivity contribution in [2.45, 2.75) is 13.0 Å². The molecule has 19 heavy (non-hydrogen) atoms. The van der Waals surface area contributed by atoms with E-state index >= 15 is 0 Å². The van der Waals surface area contributed by atoms with Crippen LogP contribution in [0.5, 0.6) is 0 Å². The molecule has 106 valence electrons. The van der Waals surface area contributed by atoms with E-state index in [0.717, 1.165) is 12.2 Å². The van der Waals surface area contributed by atoms with Crippen molar-refractivity contribution < 1.29 is 8.42 Å². The van der Waals surface area contributed by atoms with E-state index in [2.05, 4.69) is 24.0 Å². The monoisotopic (exact) mass is 283 g/mol. The molecule has 0 amide bonds. The third-order valence-corrected chi connectivity index (χ3v) is 5.37. The highest BCUT2D eigenvalue weighted by Crippen LogP contribution is 2.21. The molecular weight excluding hydrogens is 262 g/mol. The molecule has 1 saturated heterocycles. The predicted octanol–water partition coefficient (Wildman–Crippen LogP) is 1.00. The topological polar surface area (TPSA) is 43.9 Å². The third-order valence-electron chi connectivity index (χ3n) is 3.47. The number of rotatable bonds is 3. The van der Waals surface area contributed by atoms with Crippen LogP contribution in [0.1, 0.15) is 6.92 Å². The number of nitrogens with zero attached hydrogens (tertiary/aromatic N) is 3. The maximum absolute atomic E-state index is 12.1. The van der Waals surface area contributed by atoms with E-state index in [4.69, 9.17) is 0 Å². The first-order chi connectivity index (χ1) is 8.93. The highest BCUT2D eigenvalue weighted by atomic mass is 32.2. The molecule has 0 aromatic heterocycles. The predicted molar refractivity (Wildman–Crippen MR) is 77.4 cm³/mol. The minimum Gasteiger partial charge on any atom is -0.366 e. The lowest BCUT2D eigenvalue weighted by molar-refractivity contribution is 0.322. The summed E-state index contributed by atoms with van der Waals surface area (Å²) in [6, 6.07) is 10.3. The van der Waals surface area contributed by atoms with Gasteiger partial charge in [0.25, 0.3) is 10.2 Å². The summed E-state index contributed by atoms with van der Waals surface area (Å²) < 4.78 is 27.0. The lowest BCUT2D eigenvalue weighted by atomic mass is 10.2. The Hall–Kier alpha value is -1.11. The molecule has 2 rings (SSSR count). The highest BCUT2D eigenvalue weighted by molar-refractivity contribution is 7.86. The minimum absolute atomic E-state index is 0.172. The van der Waals surface area contributed by atoms with E-state index in [0.29, 0.717) is 13.1 Å². The summed E-state index contributed by atoms with van der Waals surface area (Å²) in [5.41, 5.74) is 1.15. The van der Waals surface area contributed by atoms with Crippen molar-refractivity contribution in [2.75, 3.05) is 38.6 Å². The second-order valence-electron chi connectivity index (χ2n) is 5.03. The lowest BCUT2D eigenvalue weighted by Gasteiger charge is -2.41. The van der Waals surface area contributed by atoms with Crippen molar-refractivity contribution in [3.8, 4) is 0 Å². The molecule has 0 spiro atoms. The van der Waals surface area contributed by atoms with E-state index in [1.807, 2.05) is 18.2 Å². The average Bonchev–Trinajstić information content (AvgIpc) is 2.39. The van der Waals surface area contributed by atoms with Crippen LogP contribution in [0, 0.1) is 0 Å². The van der Waals surface area contributed by atoms with Gasteiger partial charge in [0, 0.05) is 45.5 Å². The van der Waals surface area contributed by atoms with Gasteiger partial charge in [0.05, 0.1) is 0 Å². The van der Waals surface area contributed by atoms with Crippen molar-refractivity contribution in [3.05, 3.63) is 30.3 Å². The normalized spacial score (nSPS) is 21.9. The molecule has 6 heteroatoms. The molecule has 1 unspecified atom stereocenters. The molecule has 0 aliphatic carbocycles. The van der Waals surface area contributed by atoms with Crippen LogP contribution in [-0.2, 0) is 10.2 Å². The van der Waals surface area contributed by atoms with Gasteiger partial charge in [-0.1, -0.05) is 18.2 Å². The van der Waals surface area contributed by atoms with Crippen LogP contribution in [0.4, 0.5) is 5.69 Å². The van der Waals surface area contributed by atoms with Crippen LogP contribution in [0.3, 0.4) is 0 Å². The Morgan fingerprint density at radius 3 is 2.32 bits per heavy atom. The fourth-order valence-electron chi connectivity index (χ4n) is 2.37. The first-order valence-corrected chi connectivity index (χ1v) is 7.82. The number of benzene rings is 1. The van der Waals surface area contributed by atoms with Crippen molar-refractivity contribution in [1.29, 1.82) is 0 Å². The third kappa shape index (κ3) is 2.91. The number of hydrogen-bond acceptors (Lipinski definition) is 3. The summed E-state index contributed by atoms with van der Waals surface area (Å²) >= 11 is 0. The molecule has 1 heterocycles. The average molecular weight is 283 g/mol. The van der Waals surface area contributed by atoms with Crippen LogP contribution in [0.2, 0.25) is 0 Å². The second kappa shape index (κ2) is 5.48. The Labute approximate surface area is 115 Å². The van der Waals surface area contributed by atoms with Crippen molar-refractivity contribution in [3.63, 3.8) is 0 Å². The van der Waals surface area contributed by atoms with Gasteiger partial charge in [0.15, 0.2) is 0 Å². The lowest BCUT2D eigenvalue weighted by Crippen LogP contribution is -2.55. The Balaban J connectivity index is 2.11. The quantitative estimate of drug-likeness (QED) is 0.831. The molecule has 0 bridgehead atoms. The Kier molecular flexibility index (Phi) is 4.13. The molecular formula is C13H21N3O2S. The van der Waals surface area contributed by atoms with Gasteiger partial charge in [-0.2, -0.15) is 17.0 Å². The number of piperazine rings is 1. The van der Waals surface area contributed by atoms with Crippen molar-refractivity contribution in [2.24, 2.45) is 0 Å². The van der Waals surface area contributed by atoms with E-state index in [9.17, 15) is 8.42 Å². The summed E-state index contributed by atoms with van der Waals surface area (Å²) in [5, 5.41) is 0. The molecule has 0 N–H and O–H groups in total. The largest absolute Gasteiger partial charge is 0.366 e. The highest BCUT2D eigenvalue weighted by Gasteiger charge is 2.32. The fraction of sp³-hybridized carbons (Fsp3) is 0.538. The second-order valence-corrected chi connectivity index (χ2v) is 7.17. The van der Waals surface area contributed by atoms with Crippen LogP contribution in [0.25, 0.3) is 0 Å². The molecule has 1 aromatic rings. The van der Waals surface area contributed by atoms with Crippen LogP contribution in [-0.4, -0.2) is 56.8 Å². The van der Waals surface area contributed by atoms with Gasteiger partial charge in [-0.15, -0.1) is 0 Å². The molecule has 0 saturated carbocycles. The minimum atomic E-state index is -3.30. The summed E-state index contributed by atoms with van der Waals surface area (Å²) in [4.78, 5) is 2.25. The maximum Gasteiger partial charge on any atom is 0.281 e. The van der Waals surface area contributed by atoms with E-state index < -0.39 is 10.2 Å². The van der Waals surface area contributed by atoms with Crippen LogP contribution < -0.4 is 4.90 Å². The summed E-state index contributed by atoms with van der Waals surface area (Å²) in [6.45, 7) is 3.83. The number of para-hydroxylation sites is 1. The molecule has 1 aliphatic rings. The van der Waals surface area contributed by atoms with Crippen LogP contribution in [0.15, 0.2) is 30.3 Å². The van der Waals surface area contributed by atoms with Gasteiger partial charge in [-0.3, -0.25) is 0 Å². The molecule has 1 aliphatic heterocycles. The van der Waals surface area contributed by atoms with Gasteiger partial charge >= 0.3 is 0 Å². The van der Waals surface area contributed by atoms with Gasteiger partial charge in [0.1, 0.15) is 0 Å². The maximum atomic E-state index is 12.1. The van der Waals surface area contributed by atoms with Crippen LogP contribution >= 0.6 is 0 Å². The summed E-state index contributed by atoms with van der Waals surface area (Å²) in [6.07, 6.45) is 0. The zero-order valence-electron chi connectivity index (χ0n) is 11.7. The first-order valence-electron chi connectivity index (χ1n) is 6.42. The molecule has 1 fully saturated rings. The summed E-state index contributed by atoms with van der Waals surface area (Å²) in [7, 11) is -0.153. The van der Waals surface area contributed by atoms with Gasteiger partial charge in [-0.05, 0) is 19.1 Å². The van der Waals surface area contributed by atoms with Crippen molar-refractivity contribution >= 4 is 15.9 Å².